The van der Waals surface area contributed by atoms with Gasteiger partial charge in [-0.3, -0.25) is 4.79 Å². The van der Waals surface area contributed by atoms with Crippen LogP contribution in [0.3, 0.4) is 0 Å². The molecule has 1 aliphatic heterocycles. The Morgan fingerprint density at radius 2 is 1.63 bits per heavy atom. The second kappa shape index (κ2) is 5.12. The van der Waals surface area contributed by atoms with Gasteiger partial charge in [0.2, 0.25) is 5.91 Å². The van der Waals surface area contributed by atoms with Crippen LogP contribution in [0.15, 0.2) is 24.3 Å². The van der Waals surface area contributed by atoms with Gasteiger partial charge in [0.25, 0.3) is 0 Å². The van der Waals surface area contributed by atoms with Crippen LogP contribution >= 0.6 is 0 Å². The van der Waals surface area contributed by atoms with Crippen LogP contribution in [0, 0.1) is 0 Å². The first kappa shape index (κ1) is 16.0. The van der Waals surface area contributed by atoms with Crippen molar-refractivity contribution in [3.05, 3.63) is 24.3 Å². The van der Waals surface area contributed by atoms with Gasteiger partial charge < -0.3 is 10.6 Å². The fourth-order valence-electron chi connectivity index (χ4n) is 3.73. The van der Waals surface area contributed by atoms with Gasteiger partial charge in [-0.1, -0.05) is 18.7 Å². The first-order chi connectivity index (χ1) is 8.49. The number of carbonyl (C=O) groups excluding carboxylic acids is 1. The quantitative estimate of drug-likeness (QED) is 0.608. The molecule has 2 N–H and O–H groups in total. The lowest BCUT2D eigenvalue weighted by Crippen LogP contribution is -2.67. The van der Waals surface area contributed by atoms with E-state index in [1.807, 2.05) is 6.92 Å². The average molecular weight is 264 g/mol. The van der Waals surface area contributed by atoms with Crippen LogP contribution in [-0.2, 0) is 4.79 Å². The third kappa shape index (κ3) is 4.50. The number of piperidine rings is 1. The molecular weight excluding hydrogens is 236 g/mol. The highest BCUT2D eigenvalue weighted by Gasteiger charge is 2.45. The SMILES string of the molecule is C=CC=C(C)C(=O)NC1(C)CC(C)(C)NC(C)(C)C1. The molecule has 0 aromatic heterocycles. The molecule has 1 rings (SSSR count). The molecule has 0 saturated carbocycles. The van der Waals surface area contributed by atoms with Crippen molar-refractivity contribution in [2.24, 2.45) is 0 Å². The monoisotopic (exact) mass is 264 g/mol. The molecule has 19 heavy (non-hydrogen) atoms. The van der Waals surface area contributed by atoms with E-state index in [4.69, 9.17) is 0 Å². The van der Waals surface area contributed by atoms with Crippen molar-refractivity contribution in [1.29, 1.82) is 0 Å². The summed E-state index contributed by atoms with van der Waals surface area (Å²) in [5.74, 6) is -0.00380. The Balaban J connectivity index is 2.89. The fourth-order valence-corrected chi connectivity index (χ4v) is 3.73. The molecule has 3 heteroatoms. The van der Waals surface area contributed by atoms with Crippen molar-refractivity contribution >= 4 is 5.91 Å². The highest BCUT2D eigenvalue weighted by Crippen LogP contribution is 2.35. The molecule has 0 atom stereocenters. The Bertz CT molecular complexity index is 389. The molecular formula is C16H28N2O. The van der Waals surface area contributed by atoms with E-state index < -0.39 is 0 Å². The zero-order valence-corrected chi connectivity index (χ0v) is 13.2. The molecule has 0 aliphatic carbocycles. The number of hydrogen-bond donors (Lipinski definition) is 2. The molecule has 1 aliphatic rings. The molecule has 0 aromatic carbocycles. The Morgan fingerprint density at radius 1 is 1.16 bits per heavy atom. The van der Waals surface area contributed by atoms with Crippen molar-refractivity contribution < 1.29 is 4.79 Å². The third-order valence-electron chi connectivity index (χ3n) is 3.48. The summed E-state index contributed by atoms with van der Waals surface area (Å²) in [6.45, 7) is 16.3. The van der Waals surface area contributed by atoms with E-state index in [1.165, 1.54) is 0 Å². The van der Waals surface area contributed by atoms with Crippen LogP contribution < -0.4 is 10.6 Å². The molecule has 1 saturated heterocycles. The summed E-state index contributed by atoms with van der Waals surface area (Å²) >= 11 is 0. The topological polar surface area (TPSA) is 41.1 Å². The van der Waals surface area contributed by atoms with Crippen LogP contribution in [0.4, 0.5) is 0 Å². The van der Waals surface area contributed by atoms with E-state index in [2.05, 4.69) is 51.8 Å². The highest BCUT2D eigenvalue weighted by atomic mass is 16.1. The smallest absolute Gasteiger partial charge is 0.247 e. The van der Waals surface area contributed by atoms with Gasteiger partial charge >= 0.3 is 0 Å². The van der Waals surface area contributed by atoms with Gasteiger partial charge in [0.15, 0.2) is 0 Å². The lowest BCUT2D eigenvalue weighted by atomic mass is 9.71. The van der Waals surface area contributed by atoms with Crippen molar-refractivity contribution in [3.63, 3.8) is 0 Å². The van der Waals surface area contributed by atoms with E-state index in [1.54, 1.807) is 12.2 Å². The van der Waals surface area contributed by atoms with Crippen molar-refractivity contribution in [2.45, 2.75) is 71.0 Å². The van der Waals surface area contributed by atoms with Gasteiger partial charge in [-0.15, -0.1) is 0 Å². The molecule has 0 bridgehead atoms. The maximum absolute atomic E-state index is 12.2. The van der Waals surface area contributed by atoms with E-state index in [-0.39, 0.29) is 22.5 Å². The highest BCUT2D eigenvalue weighted by molar-refractivity contribution is 5.93. The predicted molar refractivity (Wildman–Crippen MR) is 81.0 cm³/mol. The Hall–Kier alpha value is -1.09. The second-order valence-electron chi connectivity index (χ2n) is 7.35. The van der Waals surface area contributed by atoms with Gasteiger partial charge in [0.05, 0.1) is 0 Å². The molecule has 0 unspecified atom stereocenters. The van der Waals surface area contributed by atoms with Gasteiger partial charge in [0, 0.05) is 22.2 Å². The number of allylic oxidation sites excluding steroid dienone is 2. The van der Waals surface area contributed by atoms with Gasteiger partial charge in [-0.25, -0.2) is 0 Å². The average Bonchev–Trinajstić information content (AvgIpc) is 2.10. The van der Waals surface area contributed by atoms with Crippen LogP contribution in [0.1, 0.15) is 54.4 Å². The summed E-state index contributed by atoms with van der Waals surface area (Å²) in [5.41, 5.74) is 0.538. The maximum Gasteiger partial charge on any atom is 0.247 e. The number of hydrogen-bond acceptors (Lipinski definition) is 2. The minimum Gasteiger partial charge on any atom is -0.347 e. The summed E-state index contributed by atoms with van der Waals surface area (Å²) in [6, 6.07) is 0. The molecule has 0 aromatic rings. The standard InChI is InChI=1S/C16H28N2O/c1-8-9-12(2)13(19)17-16(7)10-14(3,4)18-15(5,6)11-16/h8-9,18H,1,10-11H2,2-7H3,(H,17,19). The maximum atomic E-state index is 12.2. The molecule has 3 nitrogen and oxygen atoms in total. The Labute approximate surface area is 117 Å². The molecule has 108 valence electrons. The largest absolute Gasteiger partial charge is 0.347 e. The summed E-state index contributed by atoms with van der Waals surface area (Å²) in [4.78, 5) is 12.2. The molecule has 1 heterocycles. The van der Waals surface area contributed by atoms with Crippen LogP contribution in [0.5, 0.6) is 0 Å². The Kier molecular flexibility index (Phi) is 4.30. The van der Waals surface area contributed by atoms with Gasteiger partial charge in [-0.2, -0.15) is 0 Å². The second-order valence-corrected chi connectivity index (χ2v) is 7.35. The fraction of sp³-hybridized carbons (Fsp3) is 0.688. The summed E-state index contributed by atoms with van der Waals surface area (Å²) < 4.78 is 0. The summed E-state index contributed by atoms with van der Waals surface area (Å²) in [6.07, 6.45) is 5.22. The minimum absolute atomic E-state index is 0.00380. The van der Waals surface area contributed by atoms with E-state index in [9.17, 15) is 4.79 Å². The lowest BCUT2D eigenvalue weighted by Gasteiger charge is -2.52. The number of amides is 1. The lowest BCUT2D eigenvalue weighted by molar-refractivity contribution is -0.120. The van der Waals surface area contributed by atoms with Crippen molar-refractivity contribution in [1.82, 2.24) is 10.6 Å². The van der Waals surface area contributed by atoms with Crippen LogP contribution in [0.2, 0.25) is 0 Å². The normalized spacial score (nSPS) is 24.6. The van der Waals surface area contributed by atoms with E-state index in [0.717, 1.165) is 12.8 Å². The predicted octanol–water partition coefficient (Wildman–Crippen LogP) is 2.93. The first-order valence-electron chi connectivity index (χ1n) is 6.90. The molecule has 1 amide bonds. The van der Waals surface area contributed by atoms with E-state index in [0.29, 0.717) is 5.57 Å². The number of rotatable bonds is 3. The third-order valence-corrected chi connectivity index (χ3v) is 3.48. The minimum atomic E-state index is -0.189. The van der Waals surface area contributed by atoms with E-state index >= 15 is 0 Å². The summed E-state index contributed by atoms with van der Waals surface area (Å²) in [5, 5.41) is 6.83. The van der Waals surface area contributed by atoms with Crippen molar-refractivity contribution in [2.75, 3.05) is 0 Å². The number of nitrogens with one attached hydrogen (secondary N) is 2. The summed E-state index contributed by atoms with van der Waals surface area (Å²) in [7, 11) is 0. The first-order valence-corrected chi connectivity index (χ1v) is 6.90. The van der Waals surface area contributed by atoms with Gasteiger partial charge in [-0.05, 0) is 54.4 Å². The van der Waals surface area contributed by atoms with Gasteiger partial charge in [0.1, 0.15) is 0 Å². The van der Waals surface area contributed by atoms with Crippen LogP contribution in [0.25, 0.3) is 0 Å². The molecule has 1 fully saturated rings. The zero-order chi connectivity index (χ0) is 14.9. The Morgan fingerprint density at radius 3 is 2.05 bits per heavy atom. The number of carbonyl (C=O) groups is 1. The molecule has 0 radical (unpaired) electrons. The van der Waals surface area contributed by atoms with Crippen LogP contribution in [-0.4, -0.2) is 22.5 Å². The van der Waals surface area contributed by atoms with Crippen molar-refractivity contribution in [3.8, 4) is 0 Å². The zero-order valence-electron chi connectivity index (χ0n) is 13.2. The molecule has 0 spiro atoms.